The number of Topliss-reactive ketones (excluding diaryl/α,β-unsaturated/α-hetero) is 1. The highest BCUT2D eigenvalue weighted by Gasteiger charge is 2.34. The first-order chi connectivity index (χ1) is 12.9. The van der Waals surface area contributed by atoms with E-state index in [9.17, 15) is 9.18 Å². The van der Waals surface area contributed by atoms with E-state index in [2.05, 4.69) is 21.8 Å². The van der Waals surface area contributed by atoms with Gasteiger partial charge in [-0.15, -0.1) is 0 Å². The monoisotopic (exact) mass is 365 g/mol. The predicted octanol–water partition coefficient (Wildman–Crippen LogP) is 2.16. The van der Waals surface area contributed by atoms with Crippen LogP contribution in [0.15, 0.2) is 41.7 Å². The number of halogens is 1. The summed E-state index contributed by atoms with van der Waals surface area (Å²) in [5.74, 6) is 4.85. The molecule has 0 radical (unpaired) electrons. The Morgan fingerprint density at radius 3 is 3.00 bits per heavy atom. The Morgan fingerprint density at radius 2 is 2.22 bits per heavy atom. The summed E-state index contributed by atoms with van der Waals surface area (Å²) in [6.07, 6.45) is 3.95. The van der Waals surface area contributed by atoms with E-state index < -0.39 is 5.54 Å². The van der Waals surface area contributed by atoms with Crippen molar-refractivity contribution in [2.45, 2.75) is 25.3 Å². The Kier molecular flexibility index (Phi) is 5.33. The minimum absolute atomic E-state index is 0.0947. The van der Waals surface area contributed by atoms with Gasteiger partial charge in [-0.3, -0.25) is 14.8 Å². The fourth-order valence-corrected chi connectivity index (χ4v) is 3.24. The molecule has 2 N–H and O–H groups in total. The topological polar surface area (TPSA) is 77.6 Å². The van der Waals surface area contributed by atoms with Crippen LogP contribution < -0.4 is 5.73 Å². The maximum Gasteiger partial charge on any atom is 0.209 e. The zero-order valence-corrected chi connectivity index (χ0v) is 15.3. The number of ketones is 1. The summed E-state index contributed by atoms with van der Waals surface area (Å²) in [7, 11) is 1.51. The SMILES string of the molecule is COCC#CC(=O)Cc1ccc(F)c(C2(C)Cc3cnccc3C(N)=N2)c1. The Labute approximate surface area is 157 Å². The van der Waals surface area contributed by atoms with Crippen LogP contribution in [0.2, 0.25) is 0 Å². The molecule has 0 fully saturated rings. The molecule has 0 bridgehead atoms. The largest absolute Gasteiger partial charge is 0.383 e. The third kappa shape index (κ3) is 4.04. The third-order valence-electron chi connectivity index (χ3n) is 4.50. The van der Waals surface area contributed by atoms with E-state index in [0.29, 0.717) is 23.4 Å². The first kappa shape index (κ1) is 18.7. The molecule has 1 aromatic heterocycles. The van der Waals surface area contributed by atoms with Crippen LogP contribution in [0, 0.1) is 17.7 Å². The summed E-state index contributed by atoms with van der Waals surface area (Å²) >= 11 is 0. The van der Waals surface area contributed by atoms with Gasteiger partial charge in [0.1, 0.15) is 18.3 Å². The number of carbonyl (C=O) groups excluding carboxylic acids is 1. The molecule has 6 heteroatoms. The van der Waals surface area contributed by atoms with Crippen LogP contribution >= 0.6 is 0 Å². The number of aromatic nitrogens is 1. The van der Waals surface area contributed by atoms with Gasteiger partial charge in [0.2, 0.25) is 5.78 Å². The molecule has 138 valence electrons. The molecule has 0 aliphatic carbocycles. The number of nitrogens with zero attached hydrogens (tertiary/aromatic N) is 2. The molecule has 0 saturated heterocycles. The zero-order chi connectivity index (χ0) is 19.4. The minimum Gasteiger partial charge on any atom is -0.383 e. The van der Waals surface area contributed by atoms with E-state index in [0.717, 1.165) is 11.1 Å². The molecule has 0 spiro atoms. The average Bonchev–Trinajstić information content (AvgIpc) is 2.63. The number of nitrogens with two attached hydrogens (primary N) is 1. The van der Waals surface area contributed by atoms with E-state index in [4.69, 9.17) is 10.5 Å². The van der Waals surface area contributed by atoms with Gasteiger partial charge in [0.05, 0.1) is 5.54 Å². The number of benzene rings is 1. The molecule has 2 heterocycles. The van der Waals surface area contributed by atoms with E-state index in [1.54, 1.807) is 30.6 Å². The van der Waals surface area contributed by atoms with Crippen molar-refractivity contribution in [3.8, 4) is 11.8 Å². The predicted molar refractivity (Wildman–Crippen MR) is 101 cm³/mol. The number of ether oxygens (including phenoxy) is 1. The number of carbonyl (C=O) groups is 1. The molecular formula is C21H20FN3O2. The summed E-state index contributed by atoms with van der Waals surface area (Å²) in [6, 6.07) is 6.42. The molecule has 0 amide bonds. The lowest BCUT2D eigenvalue weighted by atomic mass is 9.81. The molecule has 5 nitrogen and oxygen atoms in total. The Balaban J connectivity index is 1.92. The molecule has 3 rings (SSSR count). The summed E-state index contributed by atoms with van der Waals surface area (Å²) in [4.78, 5) is 20.7. The second kappa shape index (κ2) is 7.68. The van der Waals surface area contributed by atoms with E-state index >= 15 is 0 Å². The Hall–Kier alpha value is -3.04. The maximum atomic E-state index is 14.6. The highest BCUT2D eigenvalue weighted by molar-refractivity contribution is 6.00. The lowest BCUT2D eigenvalue weighted by Gasteiger charge is -2.32. The van der Waals surface area contributed by atoms with Crippen LogP contribution in [0.4, 0.5) is 4.39 Å². The molecule has 1 unspecified atom stereocenters. The summed E-state index contributed by atoms with van der Waals surface area (Å²) in [5.41, 5.74) is 8.05. The van der Waals surface area contributed by atoms with Crippen LogP contribution in [0.5, 0.6) is 0 Å². The van der Waals surface area contributed by atoms with E-state index in [1.807, 2.05) is 6.92 Å². The number of amidine groups is 1. The van der Waals surface area contributed by atoms with Crippen molar-refractivity contribution < 1.29 is 13.9 Å². The van der Waals surface area contributed by atoms with Gasteiger partial charge in [-0.05, 0) is 42.2 Å². The van der Waals surface area contributed by atoms with Crippen molar-refractivity contribution in [3.05, 3.63) is 64.7 Å². The number of hydrogen-bond donors (Lipinski definition) is 1. The number of methoxy groups -OCH3 is 1. The van der Waals surface area contributed by atoms with Crippen LogP contribution in [0.3, 0.4) is 0 Å². The normalized spacial score (nSPS) is 18.1. The average molecular weight is 365 g/mol. The molecule has 1 aliphatic rings. The van der Waals surface area contributed by atoms with Gasteiger partial charge in [0, 0.05) is 43.5 Å². The van der Waals surface area contributed by atoms with Crippen LogP contribution in [-0.4, -0.2) is 30.3 Å². The molecule has 1 atom stereocenters. The van der Waals surface area contributed by atoms with Crippen LogP contribution in [-0.2, 0) is 27.9 Å². The van der Waals surface area contributed by atoms with E-state index in [1.165, 1.54) is 13.2 Å². The lowest BCUT2D eigenvalue weighted by Crippen LogP contribution is -2.34. The molecule has 1 aliphatic heterocycles. The second-order valence-corrected chi connectivity index (χ2v) is 6.63. The number of aliphatic imine (C=N–C) groups is 1. The van der Waals surface area contributed by atoms with Gasteiger partial charge in [-0.25, -0.2) is 4.39 Å². The van der Waals surface area contributed by atoms with Crippen LogP contribution in [0.25, 0.3) is 0 Å². The number of pyridine rings is 1. The first-order valence-electron chi connectivity index (χ1n) is 8.51. The summed E-state index contributed by atoms with van der Waals surface area (Å²) < 4.78 is 19.4. The number of fused-ring (bicyclic) bond motifs is 1. The molecule has 0 saturated carbocycles. The van der Waals surface area contributed by atoms with Crippen molar-refractivity contribution in [2.24, 2.45) is 10.7 Å². The Morgan fingerprint density at radius 1 is 1.41 bits per heavy atom. The molecule has 1 aromatic carbocycles. The van der Waals surface area contributed by atoms with Gasteiger partial charge in [0.25, 0.3) is 0 Å². The number of rotatable bonds is 4. The van der Waals surface area contributed by atoms with Gasteiger partial charge in [-0.1, -0.05) is 12.0 Å². The summed E-state index contributed by atoms with van der Waals surface area (Å²) in [5, 5.41) is 0. The highest BCUT2D eigenvalue weighted by atomic mass is 19.1. The molecular weight excluding hydrogens is 345 g/mol. The summed E-state index contributed by atoms with van der Waals surface area (Å²) in [6.45, 7) is 2.03. The van der Waals surface area contributed by atoms with Gasteiger partial charge in [0.15, 0.2) is 0 Å². The van der Waals surface area contributed by atoms with Gasteiger partial charge < -0.3 is 10.5 Å². The third-order valence-corrected chi connectivity index (χ3v) is 4.50. The van der Waals surface area contributed by atoms with E-state index in [-0.39, 0.29) is 24.6 Å². The smallest absolute Gasteiger partial charge is 0.209 e. The van der Waals surface area contributed by atoms with Gasteiger partial charge >= 0.3 is 0 Å². The van der Waals surface area contributed by atoms with Crippen LogP contribution in [0.1, 0.15) is 29.2 Å². The Bertz CT molecular complexity index is 975. The van der Waals surface area contributed by atoms with Crippen molar-refractivity contribution in [3.63, 3.8) is 0 Å². The van der Waals surface area contributed by atoms with Crippen molar-refractivity contribution in [1.29, 1.82) is 0 Å². The maximum absolute atomic E-state index is 14.6. The minimum atomic E-state index is -0.870. The van der Waals surface area contributed by atoms with Crippen molar-refractivity contribution >= 4 is 11.6 Å². The number of hydrogen-bond acceptors (Lipinski definition) is 5. The first-order valence-corrected chi connectivity index (χ1v) is 8.51. The molecule has 27 heavy (non-hydrogen) atoms. The second-order valence-electron chi connectivity index (χ2n) is 6.63. The zero-order valence-electron chi connectivity index (χ0n) is 15.3. The molecule has 2 aromatic rings. The van der Waals surface area contributed by atoms with Crippen molar-refractivity contribution in [1.82, 2.24) is 4.98 Å². The fraction of sp³-hybridized carbons (Fsp3) is 0.286. The van der Waals surface area contributed by atoms with Gasteiger partial charge in [-0.2, -0.15) is 0 Å². The quantitative estimate of drug-likeness (QED) is 0.665. The fourth-order valence-electron chi connectivity index (χ4n) is 3.24. The highest BCUT2D eigenvalue weighted by Crippen LogP contribution is 2.36. The van der Waals surface area contributed by atoms with Crippen molar-refractivity contribution in [2.75, 3.05) is 13.7 Å². The lowest BCUT2D eigenvalue weighted by molar-refractivity contribution is -0.113. The standard InChI is InChI=1S/C21H20FN3O2/c1-21(12-15-13-24-8-7-17(15)20(23)25-21)18-11-14(5-6-19(18)22)10-16(26)4-3-9-27-2/h5-8,11,13H,9-10,12H2,1-2H3,(H2,23,25).